The number of pyridine rings is 1. The Hall–Kier alpha value is -1.29. The third kappa shape index (κ3) is 4.10. The lowest BCUT2D eigenvalue weighted by molar-refractivity contribution is 0.316. The van der Waals surface area contributed by atoms with Gasteiger partial charge in [0, 0.05) is 18.3 Å². The van der Waals surface area contributed by atoms with Crippen molar-refractivity contribution >= 4 is 5.82 Å². The zero-order valence-corrected chi connectivity index (χ0v) is 12.0. The molecule has 1 aliphatic rings. The summed E-state index contributed by atoms with van der Waals surface area (Å²) in [5.74, 6) is 1.77. The van der Waals surface area contributed by atoms with E-state index in [1.807, 2.05) is 25.4 Å². The second-order valence-electron chi connectivity index (χ2n) is 5.18. The van der Waals surface area contributed by atoms with Gasteiger partial charge in [0.25, 0.3) is 0 Å². The summed E-state index contributed by atoms with van der Waals surface area (Å²) in [6.07, 6.45) is 7.67. The summed E-state index contributed by atoms with van der Waals surface area (Å²) < 4.78 is 5.73. The van der Waals surface area contributed by atoms with E-state index in [0.717, 1.165) is 24.6 Å². The van der Waals surface area contributed by atoms with E-state index in [4.69, 9.17) is 4.74 Å². The highest BCUT2D eigenvalue weighted by molar-refractivity contribution is 5.50. The van der Waals surface area contributed by atoms with Crippen molar-refractivity contribution in [3.05, 3.63) is 18.3 Å². The van der Waals surface area contributed by atoms with Gasteiger partial charge < -0.3 is 15.4 Å². The van der Waals surface area contributed by atoms with Gasteiger partial charge in [-0.05, 0) is 51.3 Å². The van der Waals surface area contributed by atoms with Gasteiger partial charge in [0.15, 0.2) is 11.6 Å². The van der Waals surface area contributed by atoms with Crippen molar-refractivity contribution in [3.8, 4) is 5.75 Å². The standard InChI is InChI=1S/C15H25N3O/c1-3-11-19-14-5-4-10-17-15(14)18-13-8-6-12(16-2)7-9-13/h4-5,10,12-13,16H,3,6-9,11H2,1-2H3,(H,17,18). The van der Waals surface area contributed by atoms with Crippen molar-refractivity contribution in [2.75, 3.05) is 19.0 Å². The Morgan fingerprint density at radius 3 is 2.68 bits per heavy atom. The molecule has 0 bridgehead atoms. The van der Waals surface area contributed by atoms with Crippen molar-refractivity contribution < 1.29 is 4.74 Å². The van der Waals surface area contributed by atoms with Gasteiger partial charge >= 0.3 is 0 Å². The van der Waals surface area contributed by atoms with E-state index in [0.29, 0.717) is 12.1 Å². The Morgan fingerprint density at radius 2 is 2.00 bits per heavy atom. The third-order valence-corrected chi connectivity index (χ3v) is 3.71. The third-order valence-electron chi connectivity index (χ3n) is 3.71. The van der Waals surface area contributed by atoms with E-state index < -0.39 is 0 Å². The average Bonchev–Trinajstić information content (AvgIpc) is 2.47. The average molecular weight is 263 g/mol. The summed E-state index contributed by atoms with van der Waals surface area (Å²) >= 11 is 0. The summed E-state index contributed by atoms with van der Waals surface area (Å²) in [4.78, 5) is 4.41. The van der Waals surface area contributed by atoms with Crippen molar-refractivity contribution in [2.45, 2.75) is 51.1 Å². The number of ether oxygens (including phenoxy) is 1. The van der Waals surface area contributed by atoms with Gasteiger partial charge in [-0.25, -0.2) is 4.98 Å². The topological polar surface area (TPSA) is 46.2 Å². The van der Waals surface area contributed by atoms with Crippen LogP contribution in [0.25, 0.3) is 0 Å². The summed E-state index contributed by atoms with van der Waals surface area (Å²) in [6.45, 7) is 2.86. The molecule has 4 nitrogen and oxygen atoms in total. The van der Waals surface area contributed by atoms with Crippen molar-refractivity contribution in [2.24, 2.45) is 0 Å². The second kappa shape index (κ2) is 7.34. The molecule has 2 rings (SSSR count). The normalized spacial score (nSPS) is 23.1. The molecule has 1 aliphatic carbocycles. The van der Waals surface area contributed by atoms with Crippen LogP contribution < -0.4 is 15.4 Å². The van der Waals surface area contributed by atoms with Crippen LogP contribution in [-0.2, 0) is 0 Å². The monoisotopic (exact) mass is 263 g/mol. The minimum Gasteiger partial charge on any atom is -0.490 e. The molecule has 0 amide bonds. The highest BCUT2D eigenvalue weighted by atomic mass is 16.5. The van der Waals surface area contributed by atoms with Crippen LogP contribution in [0.1, 0.15) is 39.0 Å². The van der Waals surface area contributed by atoms with Crippen LogP contribution in [-0.4, -0.2) is 30.7 Å². The number of anilines is 1. The molecule has 0 atom stereocenters. The van der Waals surface area contributed by atoms with Gasteiger partial charge in [-0.15, -0.1) is 0 Å². The van der Waals surface area contributed by atoms with Crippen LogP contribution in [0.3, 0.4) is 0 Å². The van der Waals surface area contributed by atoms with Gasteiger partial charge in [-0.3, -0.25) is 0 Å². The first-order valence-corrected chi connectivity index (χ1v) is 7.35. The molecule has 4 heteroatoms. The molecular weight excluding hydrogens is 238 g/mol. The number of nitrogens with one attached hydrogen (secondary N) is 2. The van der Waals surface area contributed by atoms with E-state index in [1.54, 1.807) is 0 Å². The summed E-state index contributed by atoms with van der Waals surface area (Å²) in [5.41, 5.74) is 0. The SMILES string of the molecule is CCCOc1cccnc1NC1CCC(NC)CC1. The van der Waals surface area contributed by atoms with Crippen LogP contribution in [0, 0.1) is 0 Å². The van der Waals surface area contributed by atoms with Crippen LogP contribution >= 0.6 is 0 Å². The molecular formula is C15H25N3O. The first-order valence-electron chi connectivity index (χ1n) is 7.35. The number of aromatic nitrogens is 1. The molecule has 1 saturated carbocycles. The Kier molecular flexibility index (Phi) is 5.45. The lowest BCUT2D eigenvalue weighted by Gasteiger charge is -2.29. The predicted octanol–water partition coefficient (Wildman–Crippen LogP) is 2.81. The maximum absolute atomic E-state index is 5.73. The minimum absolute atomic E-state index is 0.517. The fraction of sp³-hybridized carbons (Fsp3) is 0.667. The van der Waals surface area contributed by atoms with Crippen LogP contribution in [0.15, 0.2) is 18.3 Å². The number of hydrogen-bond acceptors (Lipinski definition) is 4. The largest absolute Gasteiger partial charge is 0.490 e. The van der Waals surface area contributed by atoms with Gasteiger partial charge in [0.05, 0.1) is 6.61 Å². The lowest BCUT2D eigenvalue weighted by Crippen LogP contribution is -2.35. The molecule has 0 unspecified atom stereocenters. The maximum atomic E-state index is 5.73. The molecule has 1 aromatic heterocycles. The van der Waals surface area contributed by atoms with E-state index in [2.05, 4.69) is 22.5 Å². The fourth-order valence-corrected chi connectivity index (χ4v) is 2.55. The van der Waals surface area contributed by atoms with Crippen LogP contribution in [0.2, 0.25) is 0 Å². The molecule has 2 N–H and O–H groups in total. The van der Waals surface area contributed by atoms with Crippen LogP contribution in [0.4, 0.5) is 5.82 Å². The predicted molar refractivity (Wildman–Crippen MR) is 78.7 cm³/mol. The Balaban J connectivity index is 1.91. The van der Waals surface area contributed by atoms with Crippen molar-refractivity contribution in [3.63, 3.8) is 0 Å². The first kappa shape index (κ1) is 14.1. The molecule has 0 aliphatic heterocycles. The Bertz CT molecular complexity index is 375. The first-order chi connectivity index (χ1) is 9.33. The number of rotatable bonds is 6. The summed E-state index contributed by atoms with van der Waals surface area (Å²) in [5, 5.41) is 6.90. The van der Waals surface area contributed by atoms with Crippen molar-refractivity contribution in [1.29, 1.82) is 0 Å². The maximum Gasteiger partial charge on any atom is 0.168 e. The number of nitrogens with zero attached hydrogens (tertiary/aromatic N) is 1. The molecule has 1 aromatic rings. The van der Waals surface area contributed by atoms with E-state index in [-0.39, 0.29) is 0 Å². The molecule has 1 fully saturated rings. The second-order valence-corrected chi connectivity index (χ2v) is 5.18. The van der Waals surface area contributed by atoms with Crippen molar-refractivity contribution in [1.82, 2.24) is 10.3 Å². The quantitative estimate of drug-likeness (QED) is 0.828. The molecule has 0 spiro atoms. The smallest absolute Gasteiger partial charge is 0.168 e. The van der Waals surface area contributed by atoms with E-state index in [9.17, 15) is 0 Å². The Labute approximate surface area is 116 Å². The highest BCUT2D eigenvalue weighted by Crippen LogP contribution is 2.26. The molecule has 1 heterocycles. The molecule has 0 aromatic carbocycles. The summed E-state index contributed by atoms with van der Waals surface area (Å²) in [7, 11) is 2.05. The number of hydrogen-bond donors (Lipinski definition) is 2. The fourth-order valence-electron chi connectivity index (χ4n) is 2.55. The molecule has 0 radical (unpaired) electrons. The van der Waals surface area contributed by atoms with Gasteiger partial charge in [-0.1, -0.05) is 6.92 Å². The van der Waals surface area contributed by atoms with E-state index >= 15 is 0 Å². The van der Waals surface area contributed by atoms with Crippen LogP contribution in [0.5, 0.6) is 5.75 Å². The van der Waals surface area contributed by atoms with Gasteiger partial charge in [-0.2, -0.15) is 0 Å². The zero-order valence-electron chi connectivity index (χ0n) is 12.0. The molecule has 19 heavy (non-hydrogen) atoms. The lowest BCUT2D eigenvalue weighted by atomic mass is 9.91. The minimum atomic E-state index is 0.517. The van der Waals surface area contributed by atoms with Gasteiger partial charge in [0.1, 0.15) is 0 Å². The van der Waals surface area contributed by atoms with Gasteiger partial charge in [0.2, 0.25) is 0 Å². The van der Waals surface area contributed by atoms with E-state index in [1.165, 1.54) is 25.7 Å². The summed E-state index contributed by atoms with van der Waals surface area (Å²) in [6, 6.07) is 5.11. The highest BCUT2D eigenvalue weighted by Gasteiger charge is 2.20. The molecule has 106 valence electrons. The Morgan fingerprint density at radius 1 is 1.26 bits per heavy atom. The molecule has 0 saturated heterocycles. The zero-order chi connectivity index (χ0) is 13.5.